The Balaban J connectivity index is 1.30. The van der Waals surface area contributed by atoms with Crippen molar-refractivity contribution in [1.82, 2.24) is 0 Å². The highest BCUT2D eigenvalue weighted by Crippen LogP contribution is 2.62. The van der Waals surface area contributed by atoms with E-state index in [0.29, 0.717) is 0 Å². The van der Waals surface area contributed by atoms with E-state index in [-0.39, 0.29) is 50.0 Å². The predicted molar refractivity (Wildman–Crippen MR) is 289 cm³/mol. The summed E-state index contributed by atoms with van der Waals surface area (Å²) in [5.74, 6) is 0. The summed E-state index contributed by atoms with van der Waals surface area (Å²) in [6, 6.07) is 32.6. The first-order valence-electron chi connectivity index (χ1n) is 25.8. The van der Waals surface area contributed by atoms with Gasteiger partial charge in [0, 0.05) is 33.8 Å². The fourth-order valence-corrected chi connectivity index (χ4v) is 13.3. The Bertz CT molecular complexity index is 3060. The number of nitrogens with zero attached hydrogens (tertiary/aromatic N) is 2. The first kappa shape index (κ1) is 44.8. The van der Waals surface area contributed by atoms with Gasteiger partial charge >= 0.3 is 0 Å². The molecule has 3 nitrogen and oxygen atoms in total. The lowest BCUT2D eigenvalue weighted by Crippen LogP contribution is -2.61. The molecule has 11 rings (SSSR count). The molecule has 5 aliphatic rings. The molecule has 3 heterocycles. The third-order valence-corrected chi connectivity index (χ3v) is 17.8. The van der Waals surface area contributed by atoms with E-state index in [0.717, 1.165) is 11.2 Å². The van der Waals surface area contributed by atoms with Gasteiger partial charge in [-0.2, -0.15) is 0 Å². The maximum absolute atomic E-state index is 7.68. The van der Waals surface area contributed by atoms with Crippen molar-refractivity contribution >= 4 is 68.4 Å². The highest BCUT2D eigenvalue weighted by Gasteiger charge is 2.54. The monoisotopic (exact) mass is 889 g/mol. The molecule has 0 amide bonds. The van der Waals surface area contributed by atoms with Gasteiger partial charge in [-0.05, 0) is 185 Å². The van der Waals surface area contributed by atoms with Gasteiger partial charge < -0.3 is 14.2 Å². The van der Waals surface area contributed by atoms with Gasteiger partial charge in [0.2, 0.25) is 0 Å². The molecule has 0 saturated heterocycles. The van der Waals surface area contributed by atoms with Crippen molar-refractivity contribution in [3.05, 3.63) is 123 Å². The lowest BCUT2D eigenvalue weighted by Gasteiger charge is -2.45. The Hall–Kier alpha value is -4.70. The molecule has 2 aliphatic heterocycles. The summed E-state index contributed by atoms with van der Waals surface area (Å²) in [7, 11) is 0. The molecule has 67 heavy (non-hydrogen) atoms. The molecule has 3 aliphatic carbocycles. The summed E-state index contributed by atoms with van der Waals surface area (Å²) in [4.78, 5) is 5.32. The molecule has 0 spiro atoms. The van der Waals surface area contributed by atoms with Crippen LogP contribution in [0.4, 0.5) is 34.1 Å². The average molecular weight is 889 g/mol. The smallest absolute Gasteiger partial charge is 0.297 e. The normalized spacial score (nSPS) is 22.4. The molecule has 2 bridgehead atoms. The third kappa shape index (κ3) is 6.56. The SMILES string of the molecule is CC(C)(C)c1cc(N2c3ccc(C(C)(C)C)cc3B3c4oc5cc6c(cc5c4N(c4ccc5c(c4)C(C)(C)CCC5(C)C)c4cc(C(C)(C)C)cc2c43)C2(C)CCC6(C)C2)cc(C(C)(C)C)c1. The molecular formula is C63H77BN2O. The number of rotatable bonds is 2. The minimum atomic E-state index is -0.122. The Morgan fingerprint density at radius 1 is 0.463 bits per heavy atom. The molecule has 6 aromatic rings. The number of fused-ring (bicyclic) bond motifs is 12. The van der Waals surface area contributed by atoms with Crippen LogP contribution >= 0.6 is 0 Å². The molecular weight excluding hydrogens is 812 g/mol. The molecule has 5 aromatic carbocycles. The zero-order valence-corrected chi connectivity index (χ0v) is 44.4. The topological polar surface area (TPSA) is 19.6 Å². The molecule has 2 atom stereocenters. The number of hydrogen-bond donors (Lipinski definition) is 0. The second-order valence-electron chi connectivity index (χ2n) is 28.1. The maximum atomic E-state index is 7.68. The van der Waals surface area contributed by atoms with Crippen LogP contribution in [-0.2, 0) is 43.3 Å². The van der Waals surface area contributed by atoms with Crippen molar-refractivity contribution < 1.29 is 4.42 Å². The highest BCUT2D eigenvalue weighted by molar-refractivity contribution is 7.00. The van der Waals surface area contributed by atoms with Crippen molar-refractivity contribution in [2.24, 2.45) is 0 Å². The zero-order valence-electron chi connectivity index (χ0n) is 44.4. The summed E-state index contributed by atoms with van der Waals surface area (Å²) < 4.78 is 7.68. The standard InChI is InChI=1S/C63H77BN2O/c1-56(2,3)37-19-22-49-48(30-37)64-53-50(65(49)42-28-38(57(4,5)6)27-39(29-42)58(7,8)9)31-40(59(10,11)12)32-51(53)66(41-20-21-44-45(33-41)61(15,16)24-23-60(44,13)14)54-43-34-46-47(35-52(43)67-55(54)64)63(18)26-25-62(46,17)36-63/h19-22,27-35H,23-26,36H2,1-18H3. The first-order valence-corrected chi connectivity index (χ1v) is 25.8. The largest absolute Gasteiger partial charge is 0.468 e. The minimum absolute atomic E-state index is 0.0391. The average Bonchev–Trinajstić information content (AvgIpc) is 3.83. The lowest BCUT2D eigenvalue weighted by atomic mass is 9.35. The second-order valence-corrected chi connectivity index (χ2v) is 28.1. The predicted octanol–water partition coefficient (Wildman–Crippen LogP) is 15.8. The van der Waals surface area contributed by atoms with Crippen LogP contribution in [0.3, 0.4) is 0 Å². The second kappa shape index (κ2) is 13.5. The van der Waals surface area contributed by atoms with E-state index in [1.807, 2.05) is 0 Å². The molecule has 348 valence electrons. The molecule has 1 fully saturated rings. The van der Waals surface area contributed by atoms with E-state index >= 15 is 0 Å². The maximum Gasteiger partial charge on any atom is 0.297 e. The Morgan fingerprint density at radius 2 is 1.00 bits per heavy atom. The van der Waals surface area contributed by atoms with Crippen LogP contribution in [0.2, 0.25) is 0 Å². The van der Waals surface area contributed by atoms with E-state index in [4.69, 9.17) is 4.42 Å². The molecule has 1 aromatic heterocycles. The van der Waals surface area contributed by atoms with Crippen LogP contribution in [0, 0.1) is 0 Å². The van der Waals surface area contributed by atoms with Crippen LogP contribution in [0.15, 0.2) is 83.3 Å². The van der Waals surface area contributed by atoms with Crippen LogP contribution in [-0.4, -0.2) is 6.71 Å². The van der Waals surface area contributed by atoms with Crippen molar-refractivity contribution in [3.8, 4) is 0 Å². The van der Waals surface area contributed by atoms with Crippen LogP contribution in [0.5, 0.6) is 0 Å². The molecule has 1 saturated carbocycles. The van der Waals surface area contributed by atoms with E-state index in [9.17, 15) is 0 Å². The van der Waals surface area contributed by atoms with Crippen molar-refractivity contribution in [3.63, 3.8) is 0 Å². The number of benzene rings is 5. The fourth-order valence-electron chi connectivity index (χ4n) is 13.3. The summed E-state index contributed by atoms with van der Waals surface area (Å²) in [6.45, 7) is 43.2. The van der Waals surface area contributed by atoms with Crippen molar-refractivity contribution in [1.29, 1.82) is 0 Å². The number of hydrogen-bond acceptors (Lipinski definition) is 3. The summed E-state index contributed by atoms with van der Waals surface area (Å²) in [5, 5.41) is 1.25. The van der Waals surface area contributed by atoms with Crippen LogP contribution < -0.4 is 26.4 Å². The van der Waals surface area contributed by atoms with E-state index in [1.165, 1.54) is 121 Å². The Kier molecular flexibility index (Phi) is 9.05. The molecule has 0 N–H and O–H groups in total. The quantitative estimate of drug-likeness (QED) is 0.161. The van der Waals surface area contributed by atoms with Crippen LogP contribution in [0.25, 0.3) is 11.0 Å². The first-order chi connectivity index (χ1) is 30.9. The van der Waals surface area contributed by atoms with Gasteiger partial charge in [0.05, 0.1) is 11.3 Å². The fraction of sp³-hybridized carbons (Fsp3) is 0.492. The summed E-state index contributed by atoms with van der Waals surface area (Å²) in [5.41, 5.74) is 23.9. The van der Waals surface area contributed by atoms with Gasteiger partial charge in [-0.3, -0.25) is 0 Å². The van der Waals surface area contributed by atoms with E-state index < -0.39 is 0 Å². The van der Waals surface area contributed by atoms with Crippen LogP contribution in [0.1, 0.15) is 201 Å². The Labute approximate surface area is 404 Å². The molecule has 0 radical (unpaired) electrons. The Morgan fingerprint density at radius 3 is 1.58 bits per heavy atom. The van der Waals surface area contributed by atoms with Gasteiger partial charge in [0.15, 0.2) is 0 Å². The van der Waals surface area contributed by atoms with Crippen molar-refractivity contribution in [2.45, 2.75) is 200 Å². The van der Waals surface area contributed by atoms with Gasteiger partial charge in [0.25, 0.3) is 6.71 Å². The molecule has 2 unspecified atom stereocenters. The summed E-state index contributed by atoms with van der Waals surface area (Å²) in [6.07, 6.45) is 6.08. The van der Waals surface area contributed by atoms with Gasteiger partial charge in [0.1, 0.15) is 5.58 Å². The van der Waals surface area contributed by atoms with Crippen molar-refractivity contribution in [2.75, 3.05) is 9.80 Å². The zero-order chi connectivity index (χ0) is 48.1. The van der Waals surface area contributed by atoms with E-state index in [1.54, 1.807) is 5.56 Å². The molecule has 4 heteroatoms. The third-order valence-electron chi connectivity index (χ3n) is 17.8. The lowest BCUT2D eigenvalue weighted by molar-refractivity contribution is 0.332. The number of anilines is 6. The van der Waals surface area contributed by atoms with Gasteiger partial charge in [-0.1, -0.05) is 149 Å². The van der Waals surface area contributed by atoms with E-state index in [2.05, 4.69) is 213 Å². The minimum Gasteiger partial charge on any atom is -0.468 e. The summed E-state index contributed by atoms with van der Waals surface area (Å²) >= 11 is 0. The highest BCUT2D eigenvalue weighted by atomic mass is 16.3. The number of furan rings is 1. The van der Waals surface area contributed by atoms with Gasteiger partial charge in [-0.25, -0.2) is 0 Å². The van der Waals surface area contributed by atoms with Gasteiger partial charge in [-0.15, -0.1) is 0 Å².